The number of amides is 1. The van der Waals surface area contributed by atoms with Crippen LogP contribution in [0.2, 0.25) is 0 Å². The van der Waals surface area contributed by atoms with Gasteiger partial charge in [0, 0.05) is 5.56 Å². The molecule has 39 heavy (non-hydrogen) atoms. The number of hydrogen-bond acceptors (Lipinski definition) is 8. The first-order valence-electron chi connectivity index (χ1n) is 12.7. The lowest BCUT2D eigenvalue weighted by Gasteiger charge is -2.23. The summed E-state index contributed by atoms with van der Waals surface area (Å²) >= 11 is 1.27. The number of aliphatic hydroxyl groups excluding tert-OH is 1. The van der Waals surface area contributed by atoms with Gasteiger partial charge in [-0.2, -0.15) is 0 Å². The molecule has 1 N–H and O–H groups in total. The fourth-order valence-electron chi connectivity index (χ4n) is 4.49. The summed E-state index contributed by atoms with van der Waals surface area (Å²) in [6.45, 7) is 4.92. The molecule has 3 aromatic carbocycles. The third-order valence-corrected chi connectivity index (χ3v) is 7.34. The van der Waals surface area contributed by atoms with Crippen molar-refractivity contribution in [1.29, 1.82) is 0 Å². The molecule has 2 heterocycles. The lowest BCUT2D eigenvalue weighted by Crippen LogP contribution is -2.29. The zero-order chi connectivity index (χ0) is 27.5. The highest BCUT2D eigenvalue weighted by Crippen LogP contribution is 2.45. The Balaban J connectivity index is 1.65. The number of hydrogen-bond donors (Lipinski definition) is 1. The Hall–Kier alpha value is -4.37. The molecule has 1 fully saturated rings. The lowest BCUT2D eigenvalue weighted by atomic mass is 9.95. The van der Waals surface area contributed by atoms with Gasteiger partial charge in [-0.3, -0.25) is 14.5 Å². The molecule has 9 heteroatoms. The van der Waals surface area contributed by atoms with E-state index >= 15 is 0 Å². The van der Waals surface area contributed by atoms with Crippen LogP contribution in [0.3, 0.4) is 0 Å². The van der Waals surface area contributed by atoms with Gasteiger partial charge in [0.1, 0.15) is 23.0 Å². The number of ether oxygens (including phenoxy) is 3. The van der Waals surface area contributed by atoms with Crippen molar-refractivity contribution in [3.63, 3.8) is 0 Å². The van der Waals surface area contributed by atoms with Gasteiger partial charge < -0.3 is 19.3 Å². The molecule has 0 bridgehead atoms. The fraction of sp³-hybridized carbons (Fsp3) is 0.233. The number of thiazole rings is 1. The Morgan fingerprint density at radius 2 is 1.74 bits per heavy atom. The van der Waals surface area contributed by atoms with Crippen LogP contribution in [0.1, 0.15) is 37.4 Å². The number of carbonyl (C=O) groups excluding carboxylic acids is 2. The van der Waals surface area contributed by atoms with E-state index in [4.69, 9.17) is 14.2 Å². The number of carbonyl (C=O) groups is 2. The third kappa shape index (κ3) is 5.05. The maximum absolute atomic E-state index is 13.5. The van der Waals surface area contributed by atoms with Crippen molar-refractivity contribution in [2.75, 3.05) is 25.2 Å². The van der Waals surface area contributed by atoms with Crippen molar-refractivity contribution in [3.05, 3.63) is 83.4 Å². The number of methoxy groups -OCH3 is 1. The number of aromatic nitrogens is 1. The van der Waals surface area contributed by atoms with E-state index in [1.165, 1.54) is 16.2 Å². The number of anilines is 1. The van der Waals surface area contributed by atoms with E-state index in [1.807, 2.05) is 19.9 Å². The Morgan fingerprint density at radius 1 is 0.974 bits per heavy atom. The predicted molar refractivity (Wildman–Crippen MR) is 151 cm³/mol. The first kappa shape index (κ1) is 26.2. The highest BCUT2D eigenvalue weighted by atomic mass is 32.1. The van der Waals surface area contributed by atoms with Crippen LogP contribution in [-0.2, 0) is 9.59 Å². The first-order chi connectivity index (χ1) is 18.9. The minimum atomic E-state index is -0.913. The van der Waals surface area contributed by atoms with E-state index in [0.717, 1.165) is 11.1 Å². The minimum absolute atomic E-state index is 0.0206. The van der Waals surface area contributed by atoms with Gasteiger partial charge in [0.25, 0.3) is 5.78 Å². The standard InChI is InChI=1S/C30H28N2O6S/c1-4-15-38-20-11-9-18(10-12-20)27(33)25-26(19-7-6-8-22(16-19)37-5-2)32(29(35)28(25)34)30-31-23-14-13-21(36-3)17-24(23)39-30/h6-14,16-17,26,33H,4-5,15H2,1-3H3. The zero-order valence-electron chi connectivity index (χ0n) is 21.8. The molecule has 0 radical (unpaired) electrons. The maximum atomic E-state index is 13.5. The van der Waals surface area contributed by atoms with Crippen molar-refractivity contribution in [1.82, 2.24) is 4.98 Å². The van der Waals surface area contributed by atoms with Crippen molar-refractivity contribution < 1.29 is 28.9 Å². The zero-order valence-corrected chi connectivity index (χ0v) is 22.7. The lowest BCUT2D eigenvalue weighted by molar-refractivity contribution is -0.132. The van der Waals surface area contributed by atoms with Gasteiger partial charge >= 0.3 is 5.91 Å². The summed E-state index contributed by atoms with van der Waals surface area (Å²) in [5.74, 6) is 0.0751. The SMILES string of the molecule is CCCOc1ccc(C(O)=C2C(=O)C(=O)N(c3nc4ccc(OC)cc4s3)C2c2cccc(OCC)c2)cc1. The van der Waals surface area contributed by atoms with Crippen LogP contribution in [0, 0.1) is 0 Å². The third-order valence-electron chi connectivity index (χ3n) is 6.32. The molecule has 1 aliphatic rings. The Bertz CT molecular complexity index is 1560. The van der Waals surface area contributed by atoms with Crippen LogP contribution in [0.5, 0.6) is 17.2 Å². The molecular weight excluding hydrogens is 516 g/mol. The second kappa shape index (κ2) is 11.2. The molecule has 200 valence electrons. The Morgan fingerprint density at radius 3 is 2.46 bits per heavy atom. The minimum Gasteiger partial charge on any atom is -0.507 e. The van der Waals surface area contributed by atoms with Crippen molar-refractivity contribution in [3.8, 4) is 17.2 Å². The predicted octanol–water partition coefficient (Wildman–Crippen LogP) is 6.12. The molecule has 8 nitrogen and oxygen atoms in total. The van der Waals surface area contributed by atoms with Gasteiger partial charge in [-0.05, 0) is 73.5 Å². The summed E-state index contributed by atoms with van der Waals surface area (Å²) in [5, 5.41) is 11.8. The number of nitrogens with zero attached hydrogens (tertiary/aromatic N) is 2. The number of ketones is 1. The van der Waals surface area contributed by atoms with Crippen molar-refractivity contribution >= 4 is 44.1 Å². The van der Waals surface area contributed by atoms with Crippen LogP contribution in [0.15, 0.2) is 72.3 Å². The van der Waals surface area contributed by atoms with Crippen LogP contribution in [0.4, 0.5) is 5.13 Å². The molecular formula is C30H28N2O6S. The van der Waals surface area contributed by atoms with E-state index in [1.54, 1.807) is 67.8 Å². The number of rotatable bonds is 9. The normalized spacial score (nSPS) is 16.6. The van der Waals surface area contributed by atoms with Gasteiger partial charge in [0.05, 0.1) is 42.2 Å². The molecule has 4 aromatic rings. The monoisotopic (exact) mass is 544 g/mol. The smallest absolute Gasteiger partial charge is 0.301 e. The number of aliphatic hydroxyl groups is 1. The highest BCUT2D eigenvalue weighted by Gasteiger charge is 2.48. The van der Waals surface area contributed by atoms with Crippen LogP contribution < -0.4 is 19.1 Å². The Kier molecular flexibility index (Phi) is 7.51. The average Bonchev–Trinajstić information content (AvgIpc) is 3.49. The number of fused-ring (bicyclic) bond motifs is 1. The first-order valence-corrected chi connectivity index (χ1v) is 13.5. The summed E-state index contributed by atoms with van der Waals surface area (Å²) < 4.78 is 17.5. The summed E-state index contributed by atoms with van der Waals surface area (Å²) in [7, 11) is 1.58. The quantitative estimate of drug-likeness (QED) is 0.154. The Labute approximate surface area is 230 Å². The van der Waals surface area contributed by atoms with Crippen LogP contribution in [0.25, 0.3) is 16.0 Å². The van der Waals surface area contributed by atoms with E-state index in [9.17, 15) is 14.7 Å². The van der Waals surface area contributed by atoms with Crippen molar-refractivity contribution in [2.45, 2.75) is 26.3 Å². The molecule has 0 spiro atoms. The molecule has 5 rings (SSSR count). The second-order valence-electron chi connectivity index (χ2n) is 8.88. The number of benzene rings is 3. The highest BCUT2D eigenvalue weighted by molar-refractivity contribution is 7.22. The largest absolute Gasteiger partial charge is 0.507 e. The molecule has 0 aliphatic carbocycles. The van der Waals surface area contributed by atoms with Crippen LogP contribution >= 0.6 is 11.3 Å². The average molecular weight is 545 g/mol. The molecule has 1 unspecified atom stereocenters. The van der Waals surface area contributed by atoms with Gasteiger partial charge in [0.15, 0.2) is 5.13 Å². The van der Waals surface area contributed by atoms with E-state index < -0.39 is 17.7 Å². The van der Waals surface area contributed by atoms with Gasteiger partial charge in [-0.25, -0.2) is 4.98 Å². The summed E-state index contributed by atoms with van der Waals surface area (Å²) in [6.07, 6.45) is 0.866. The summed E-state index contributed by atoms with van der Waals surface area (Å²) in [6, 6.07) is 18.5. The van der Waals surface area contributed by atoms with Gasteiger partial charge in [-0.15, -0.1) is 0 Å². The van der Waals surface area contributed by atoms with Crippen molar-refractivity contribution in [2.24, 2.45) is 0 Å². The molecule has 1 aliphatic heterocycles. The van der Waals surface area contributed by atoms with Gasteiger partial charge in [-0.1, -0.05) is 30.4 Å². The van der Waals surface area contributed by atoms with E-state index in [0.29, 0.717) is 52.2 Å². The summed E-state index contributed by atoms with van der Waals surface area (Å²) in [4.78, 5) is 33.1. The number of Topliss-reactive ketones (excluding diaryl/α,β-unsaturated/α-hetero) is 1. The van der Waals surface area contributed by atoms with Crippen LogP contribution in [-0.4, -0.2) is 42.1 Å². The topological polar surface area (TPSA) is 98.2 Å². The second-order valence-corrected chi connectivity index (χ2v) is 9.89. The van der Waals surface area contributed by atoms with E-state index in [-0.39, 0.29) is 11.3 Å². The molecule has 1 amide bonds. The van der Waals surface area contributed by atoms with E-state index in [2.05, 4.69) is 4.98 Å². The molecule has 1 saturated heterocycles. The summed E-state index contributed by atoms with van der Waals surface area (Å²) in [5.41, 5.74) is 1.66. The molecule has 1 aromatic heterocycles. The maximum Gasteiger partial charge on any atom is 0.301 e. The fourth-order valence-corrected chi connectivity index (χ4v) is 5.51. The van der Waals surface area contributed by atoms with Gasteiger partial charge in [0.2, 0.25) is 0 Å². The molecule has 1 atom stereocenters. The molecule has 0 saturated carbocycles.